The third kappa shape index (κ3) is 5.85. The van der Waals surface area contributed by atoms with Crippen molar-refractivity contribution < 1.29 is 40.7 Å². The summed E-state index contributed by atoms with van der Waals surface area (Å²) in [5.41, 5.74) is -2.42. The summed E-state index contributed by atoms with van der Waals surface area (Å²) in [6, 6.07) is 13.8. The topological polar surface area (TPSA) is 58.6 Å². The largest absolute Gasteiger partial charge is 0.497 e. The molecule has 2 amide bonds. The Morgan fingerprint density at radius 2 is 1.49 bits per heavy atom. The molecular weight excluding hydrogens is 522 g/mol. The van der Waals surface area contributed by atoms with Crippen LogP contribution in [0.4, 0.5) is 37.7 Å². The van der Waals surface area contributed by atoms with E-state index >= 15 is 0 Å². The predicted octanol–water partition coefficient (Wildman–Crippen LogP) is 6.76. The van der Waals surface area contributed by atoms with Crippen LogP contribution in [0.2, 0.25) is 0 Å². The first kappa shape index (κ1) is 26.4. The van der Waals surface area contributed by atoms with Crippen molar-refractivity contribution in [1.29, 1.82) is 0 Å². The van der Waals surface area contributed by atoms with Crippen molar-refractivity contribution in [1.82, 2.24) is 0 Å². The number of carbonyl (C=O) groups is 2. The minimum atomic E-state index is -5.07. The highest BCUT2D eigenvalue weighted by Gasteiger charge is 2.38. The summed E-state index contributed by atoms with van der Waals surface area (Å²) in [6.07, 6.45) is -10.1. The number of hydrogen-bond acceptors (Lipinski definition) is 4. The highest BCUT2D eigenvalue weighted by atomic mass is 32.2. The van der Waals surface area contributed by atoms with E-state index in [9.17, 15) is 35.9 Å². The molecule has 0 unspecified atom stereocenters. The van der Waals surface area contributed by atoms with Gasteiger partial charge in [-0.1, -0.05) is 12.1 Å². The second-order valence-electron chi connectivity index (χ2n) is 8.00. The molecule has 1 saturated heterocycles. The molecule has 0 spiro atoms. The number of anilines is 2. The lowest BCUT2D eigenvalue weighted by Gasteiger charge is -2.24. The molecule has 194 valence electrons. The lowest BCUT2D eigenvalue weighted by Crippen LogP contribution is -2.27. The van der Waals surface area contributed by atoms with Crippen molar-refractivity contribution >= 4 is 35.0 Å². The zero-order valence-electron chi connectivity index (χ0n) is 19.0. The van der Waals surface area contributed by atoms with E-state index in [0.717, 1.165) is 0 Å². The first-order chi connectivity index (χ1) is 17.4. The van der Waals surface area contributed by atoms with Gasteiger partial charge in [-0.3, -0.25) is 14.5 Å². The maximum absolute atomic E-state index is 13.1. The highest BCUT2D eigenvalue weighted by molar-refractivity contribution is 8.00. The van der Waals surface area contributed by atoms with Crippen LogP contribution in [-0.2, 0) is 17.1 Å². The molecule has 0 saturated carbocycles. The lowest BCUT2D eigenvalue weighted by molar-refractivity contribution is -0.143. The van der Waals surface area contributed by atoms with E-state index in [2.05, 4.69) is 5.32 Å². The molecular formula is C25H18F6N2O3S. The average molecular weight is 540 g/mol. The molecule has 1 fully saturated rings. The van der Waals surface area contributed by atoms with Gasteiger partial charge in [-0.15, -0.1) is 11.8 Å². The quantitative estimate of drug-likeness (QED) is 0.363. The monoisotopic (exact) mass is 540 g/mol. The summed E-state index contributed by atoms with van der Waals surface area (Å²) in [5.74, 6) is -0.369. The van der Waals surface area contributed by atoms with Crippen LogP contribution in [0.25, 0.3) is 0 Å². The maximum atomic E-state index is 13.1. The SMILES string of the molecule is COc1ccc(N2C(=O)CS[C@H]2c2ccc(NC(=O)c3cc(C(F)(F)F)cc(C(F)(F)F)c3)cc2)cc1. The molecule has 1 aliphatic heterocycles. The minimum Gasteiger partial charge on any atom is -0.497 e. The number of carbonyl (C=O) groups excluding carboxylic acids is 2. The molecule has 12 heteroatoms. The fourth-order valence-corrected chi connectivity index (χ4v) is 4.89. The standard InChI is InChI=1S/C25H18F6N2O3S/c1-36-20-8-6-19(7-9-20)33-21(34)13-37-23(33)14-2-4-18(5-3-14)32-22(35)15-10-16(24(26,27)28)12-17(11-15)25(29,30)31/h2-12,23H,13H2,1H3,(H,32,35)/t23-/m0/s1. The van der Waals surface area contributed by atoms with Gasteiger partial charge in [-0.2, -0.15) is 26.3 Å². The van der Waals surface area contributed by atoms with Crippen molar-refractivity contribution in [2.45, 2.75) is 17.7 Å². The Morgan fingerprint density at radius 1 is 0.919 bits per heavy atom. The third-order valence-corrected chi connectivity index (χ3v) is 6.73. The van der Waals surface area contributed by atoms with Crippen molar-refractivity contribution in [3.63, 3.8) is 0 Å². The van der Waals surface area contributed by atoms with Gasteiger partial charge >= 0.3 is 12.4 Å². The number of rotatable bonds is 5. The second-order valence-corrected chi connectivity index (χ2v) is 9.06. The van der Waals surface area contributed by atoms with E-state index in [4.69, 9.17) is 4.74 Å². The Morgan fingerprint density at radius 3 is 2.00 bits per heavy atom. The van der Waals surface area contributed by atoms with E-state index in [1.165, 1.54) is 31.0 Å². The number of hydrogen-bond donors (Lipinski definition) is 1. The number of nitrogens with zero attached hydrogens (tertiary/aromatic N) is 1. The maximum Gasteiger partial charge on any atom is 0.416 e. The van der Waals surface area contributed by atoms with Crippen LogP contribution >= 0.6 is 11.8 Å². The van der Waals surface area contributed by atoms with Gasteiger partial charge in [0.2, 0.25) is 5.91 Å². The van der Waals surface area contributed by atoms with E-state index in [-0.39, 0.29) is 28.8 Å². The van der Waals surface area contributed by atoms with Crippen LogP contribution in [0.15, 0.2) is 66.7 Å². The Bertz CT molecular complexity index is 1280. The molecule has 37 heavy (non-hydrogen) atoms. The molecule has 0 bridgehead atoms. The first-order valence-electron chi connectivity index (χ1n) is 10.7. The van der Waals surface area contributed by atoms with Gasteiger partial charge in [-0.05, 0) is 60.2 Å². The van der Waals surface area contributed by atoms with Gasteiger partial charge in [0, 0.05) is 16.9 Å². The van der Waals surface area contributed by atoms with E-state index in [1.54, 1.807) is 41.3 Å². The molecule has 3 aromatic carbocycles. The van der Waals surface area contributed by atoms with Crippen molar-refractivity contribution in [3.8, 4) is 5.75 Å². The van der Waals surface area contributed by atoms with Crippen molar-refractivity contribution in [3.05, 3.63) is 89.0 Å². The summed E-state index contributed by atoms with van der Waals surface area (Å²) in [4.78, 5) is 26.7. The second kappa shape index (κ2) is 10.0. The first-order valence-corrected chi connectivity index (χ1v) is 11.7. The van der Waals surface area contributed by atoms with Gasteiger partial charge in [0.15, 0.2) is 0 Å². The minimum absolute atomic E-state index is 0.0410. The van der Waals surface area contributed by atoms with Crippen LogP contribution in [0.5, 0.6) is 5.75 Å². The number of thioether (sulfide) groups is 1. The zero-order valence-corrected chi connectivity index (χ0v) is 19.8. The van der Waals surface area contributed by atoms with Crippen LogP contribution in [0.3, 0.4) is 0 Å². The summed E-state index contributed by atoms with van der Waals surface area (Å²) in [5, 5.41) is 1.95. The van der Waals surface area contributed by atoms with Gasteiger partial charge in [0.25, 0.3) is 5.91 Å². The van der Waals surface area contributed by atoms with Crippen molar-refractivity contribution in [2.75, 3.05) is 23.1 Å². The molecule has 4 rings (SSSR count). The smallest absolute Gasteiger partial charge is 0.416 e. The van der Waals surface area contributed by atoms with E-state index in [0.29, 0.717) is 29.1 Å². The Hall–Kier alpha value is -3.67. The van der Waals surface area contributed by atoms with Gasteiger partial charge in [-0.25, -0.2) is 0 Å². The van der Waals surface area contributed by atoms with Crippen molar-refractivity contribution in [2.24, 2.45) is 0 Å². The van der Waals surface area contributed by atoms with Crippen LogP contribution < -0.4 is 15.0 Å². The van der Waals surface area contributed by atoms with E-state index < -0.39 is 35.0 Å². The number of alkyl halides is 6. The Kier molecular flexibility index (Phi) is 7.13. The highest BCUT2D eigenvalue weighted by Crippen LogP contribution is 2.42. The average Bonchev–Trinajstić information content (AvgIpc) is 3.24. The van der Waals surface area contributed by atoms with Crippen LogP contribution in [0.1, 0.15) is 32.4 Å². The lowest BCUT2D eigenvalue weighted by atomic mass is 10.0. The number of benzene rings is 3. The molecule has 0 aliphatic carbocycles. The van der Waals surface area contributed by atoms with Gasteiger partial charge in [0.05, 0.1) is 24.0 Å². The number of nitrogens with one attached hydrogen (secondary N) is 1. The van der Waals surface area contributed by atoms with Gasteiger partial charge in [0.1, 0.15) is 11.1 Å². The summed E-state index contributed by atoms with van der Waals surface area (Å²) in [6.45, 7) is 0. The Labute approximate surface area is 211 Å². The van der Waals surface area contributed by atoms with Crippen LogP contribution in [0, 0.1) is 0 Å². The molecule has 5 nitrogen and oxygen atoms in total. The fraction of sp³-hybridized carbons (Fsp3) is 0.200. The molecule has 0 radical (unpaired) electrons. The fourth-order valence-electron chi connectivity index (χ4n) is 3.71. The molecule has 1 aliphatic rings. The molecule has 3 aromatic rings. The third-order valence-electron chi connectivity index (χ3n) is 5.52. The molecule has 1 N–H and O–H groups in total. The number of halogens is 6. The summed E-state index contributed by atoms with van der Waals surface area (Å²) >= 11 is 1.39. The summed E-state index contributed by atoms with van der Waals surface area (Å²) in [7, 11) is 1.53. The normalized spacial score (nSPS) is 16.1. The number of methoxy groups -OCH3 is 1. The molecule has 0 aromatic heterocycles. The summed E-state index contributed by atoms with van der Waals surface area (Å²) < 4.78 is 83.8. The number of amides is 2. The van der Waals surface area contributed by atoms with Crippen LogP contribution in [-0.4, -0.2) is 24.7 Å². The van der Waals surface area contributed by atoms with Gasteiger partial charge < -0.3 is 10.1 Å². The number of ether oxygens (including phenoxy) is 1. The predicted molar refractivity (Wildman–Crippen MR) is 127 cm³/mol. The molecule has 1 atom stereocenters. The zero-order chi connectivity index (χ0) is 27.0. The van der Waals surface area contributed by atoms with E-state index in [1.807, 2.05) is 0 Å². The Balaban J connectivity index is 1.54. The molecule has 1 heterocycles.